The topological polar surface area (TPSA) is 177 Å². The fraction of sp³-hybridized carbons (Fsp3) is 0.364. The number of nitriles is 2. The number of rotatable bonds is 6. The van der Waals surface area contributed by atoms with Crippen molar-refractivity contribution in [3.05, 3.63) is 35.4 Å². The fourth-order valence-electron chi connectivity index (χ4n) is 3.94. The van der Waals surface area contributed by atoms with E-state index in [0.29, 0.717) is 31.0 Å². The Kier molecular flexibility index (Phi) is 6.98. The highest BCUT2D eigenvalue weighted by atomic mass is 19.1. The molecular formula is C22H23FN10O3. The number of carbonyl (C=O) groups excluding carboxylic acids is 1. The molecule has 4 rings (SSSR count). The number of piperidine rings is 1. The van der Waals surface area contributed by atoms with Gasteiger partial charge in [0.1, 0.15) is 6.07 Å². The lowest BCUT2D eigenvalue weighted by Crippen LogP contribution is -2.54. The third-order valence-electron chi connectivity index (χ3n) is 5.66. The van der Waals surface area contributed by atoms with Crippen LogP contribution in [0.5, 0.6) is 0 Å². The number of methoxy groups -OCH3 is 1. The largest absolute Gasteiger partial charge is 0.453 e. The van der Waals surface area contributed by atoms with Crippen molar-refractivity contribution in [3.63, 3.8) is 0 Å². The molecule has 2 aromatic heterocycles. The van der Waals surface area contributed by atoms with Crippen molar-refractivity contribution in [1.29, 1.82) is 10.5 Å². The first kappa shape index (κ1) is 24.4. The lowest BCUT2D eigenvalue weighted by molar-refractivity contribution is 0.103. The molecule has 1 amide bonds. The van der Waals surface area contributed by atoms with Crippen molar-refractivity contribution in [2.24, 2.45) is 0 Å². The quantitative estimate of drug-likeness (QED) is 0.390. The van der Waals surface area contributed by atoms with Gasteiger partial charge in [0.2, 0.25) is 5.95 Å². The number of imidazole rings is 1. The van der Waals surface area contributed by atoms with Gasteiger partial charge < -0.3 is 30.7 Å². The highest BCUT2D eigenvalue weighted by Gasteiger charge is 2.31. The number of hydrogen-bond donors (Lipinski definition) is 4. The predicted octanol–water partition coefficient (Wildman–Crippen LogP) is 1.48. The summed E-state index contributed by atoms with van der Waals surface area (Å²) in [5, 5.41) is 42.1. The third-order valence-corrected chi connectivity index (χ3v) is 5.66. The fourth-order valence-corrected chi connectivity index (χ4v) is 3.94. The summed E-state index contributed by atoms with van der Waals surface area (Å²) in [6.45, 7) is 2.71. The molecule has 0 saturated carbocycles. The summed E-state index contributed by atoms with van der Waals surface area (Å²) in [5.74, 6) is -0.355. The average Bonchev–Trinajstić information content (AvgIpc) is 3.30. The van der Waals surface area contributed by atoms with E-state index in [9.17, 15) is 20.4 Å². The zero-order valence-electron chi connectivity index (χ0n) is 19.5. The first-order chi connectivity index (χ1) is 17.4. The number of aliphatic hydroxyl groups excluding tert-OH is 1. The second-order valence-electron chi connectivity index (χ2n) is 7.94. The maximum atomic E-state index is 15.7. The first-order valence-corrected chi connectivity index (χ1v) is 11.1. The van der Waals surface area contributed by atoms with Crippen LogP contribution in [-0.2, 0) is 4.74 Å². The van der Waals surface area contributed by atoms with Crippen molar-refractivity contribution < 1.29 is 19.0 Å². The molecule has 186 valence electrons. The van der Waals surface area contributed by atoms with E-state index in [0.717, 1.165) is 0 Å². The van der Waals surface area contributed by atoms with Crippen LogP contribution in [0, 0.1) is 28.5 Å². The molecule has 0 bridgehead atoms. The monoisotopic (exact) mass is 494 g/mol. The molecular weight excluding hydrogens is 471 g/mol. The number of carbonyl (C=O) groups is 1. The van der Waals surface area contributed by atoms with Crippen LogP contribution in [0.15, 0.2) is 18.3 Å². The Morgan fingerprint density at radius 3 is 2.83 bits per heavy atom. The smallest absolute Gasteiger partial charge is 0.407 e. The number of amides is 1. The lowest BCUT2D eigenvalue weighted by atomic mass is 10.0. The SMILES string of the molecule is CCNc1nc(Nc2cc(C#N)cc(N3CC[C@@H](NC(=O)OC)[C@H](O)C3)c2F)nn2c(C#N)cnc12. The zero-order valence-corrected chi connectivity index (χ0v) is 19.5. The van der Waals surface area contributed by atoms with E-state index in [1.807, 2.05) is 19.1 Å². The Hall–Kier alpha value is -4.69. The van der Waals surface area contributed by atoms with Gasteiger partial charge in [-0.05, 0) is 25.5 Å². The number of halogens is 1. The van der Waals surface area contributed by atoms with E-state index >= 15 is 4.39 Å². The summed E-state index contributed by atoms with van der Waals surface area (Å²) in [7, 11) is 1.23. The van der Waals surface area contributed by atoms with E-state index in [4.69, 9.17) is 0 Å². The number of hydrogen-bond acceptors (Lipinski definition) is 11. The summed E-state index contributed by atoms with van der Waals surface area (Å²) >= 11 is 0. The van der Waals surface area contributed by atoms with Gasteiger partial charge in [-0.25, -0.2) is 14.2 Å². The minimum absolute atomic E-state index is 0.0195. The van der Waals surface area contributed by atoms with Gasteiger partial charge in [-0.1, -0.05) is 0 Å². The lowest BCUT2D eigenvalue weighted by Gasteiger charge is -2.37. The molecule has 3 heterocycles. The van der Waals surface area contributed by atoms with Crippen LogP contribution < -0.4 is 20.9 Å². The molecule has 0 aliphatic carbocycles. The molecule has 0 unspecified atom stereocenters. The van der Waals surface area contributed by atoms with E-state index in [-0.39, 0.29) is 35.1 Å². The Morgan fingerprint density at radius 1 is 1.36 bits per heavy atom. The molecule has 1 saturated heterocycles. The number of β-amino-alcohol motifs (C(OH)–C–C–N with tert-alkyl or cyclic N) is 1. The molecule has 1 aromatic carbocycles. The normalized spacial score (nSPS) is 17.2. The van der Waals surface area contributed by atoms with E-state index in [1.165, 1.54) is 30.0 Å². The van der Waals surface area contributed by atoms with Crippen molar-refractivity contribution in [1.82, 2.24) is 24.9 Å². The van der Waals surface area contributed by atoms with Crippen LogP contribution >= 0.6 is 0 Å². The van der Waals surface area contributed by atoms with Gasteiger partial charge in [0.05, 0.1) is 48.5 Å². The maximum absolute atomic E-state index is 15.7. The number of nitrogens with zero attached hydrogens (tertiary/aromatic N) is 7. The van der Waals surface area contributed by atoms with Gasteiger partial charge >= 0.3 is 6.09 Å². The standard InChI is InChI=1S/C22H23FN10O3/c1-3-26-19-20-27-10-13(9-25)33(20)31-21(30-19)28-15-6-12(8-24)7-16(18(15)23)32-5-4-14(17(34)11-32)29-22(35)36-2/h6-7,10,14,17,34H,3-5,11H2,1-2H3,(H,29,35)(H2,26,28,30,31)/t14-,17-/m1/s1. The highest BCUT2D eigenvalue weighted by Crippen LogP contribution is 2.32. The molecule has 0 spiro atoms. The molecule has 1 aliphatic rings. The summed E-state index contributed by atoms with van der Waals surface area (Å²) in [6.07, 6.45) is 0.0353. The number of ether oxygens (including phenoxy) is 1. The Balaban J connectivity index is 1.66. The molecule has 2 atom stereocenters. The Bertz CT molecular complexity index is 1380. The molecule has 36 heavy (non-hydrogen) atoms. The third kappa shape index (κ3) is 4.75. The number of alkyl carbamates (subject to hydrolysis) is 1. The average molecular weight is 494 g/mol. The summed E-state index contributed by atoms with van der Waals surface area (Å²) in [4.78, 5) is 21.6. The molecule has 13 nitrogen and oxygen atoms in total. The van der Waals surface area contributed by atoms with Crippen LogP contribution in [-0.4, -0.2) is 69.7 Å². The molecule has 3 aromatic rings. The van der Waals surface area contributed by atoms with Crippen LogP contribution in [0.1, 0.15) is 24.6 Å². The number of benzene rings is 1. The van der Waals surface area contributed by atoms with E-state index in [1.54, 1.807) is 4.90 Å². The van der Waals surface area contributed by atoms with Crippen molar-refractivity contribution in [3.8, 4) is 12.1 Å². The van der Waals surface area contributed by atoms with Crippen LogP contribution in [0.2, 0.25) is 0 Å². The zero-order chi connectivity index (χ0) is 25.8. The van der Waals surface area contributed by atoms with Gasteiger partial charge in [-0.2, -0.15) is 20.0 Å². The minimum Gasteiger partial charge on any atom is -0.453 e. The Morgan fingerprint density at radius 2 is 2.17 bits per heavy atom. The Labute approximate surface area is 205 Å². The number of fused-ring (bicyclic) bond motifs is 1. The van der Waals surface area contributed by atoms with Crippen LogP contribution in [0.4, 0.5) is 32.3 Å². The number of aliphatic hydroxyl groups is 1. The number of nitrogens with one attached hydrogen (secondary N) is 3. The maximum Gasteiger partial charge on any atom is 0.407 e. The molecule has 14 heteroatoms. The van der Waals surface area contributed by atoms with Crippen molar-refractivity contribution in [2.75, 3.05) is 42.3 Å². The number of aromatic nitrogens is 4. The second-order valence-corrected chi connectivity index (χ2v) is 7.94. The number of anilines is 4. The van der Waals surface area contributed by atoms with Crippen molar-refractivity contribution in [2.45, 2.75) is 25.5 Å². The second kappa shape index (κ2) is 10.3. The molecule has 0 radical (unpaired) electrons. The molecule has 4 N–H and O–H groups in total. The van der Waals surface area contributed by atoms with Gasteiger partial charge in [0.25, 0.3) is 0 Å². The summed E-state index contributed by atoms with van der Waals surface area (Å²) < 4.78 is 21.5. The van der Waals surface area contributed by atoms with Crippen molar-refractivity contribution >= 4 is 34.9 Å². The summed E-state index contributed by atoms with van der Waals surface area (Å²) in [6, 6.07) is 6.15. The predicted molar refractivity (Wildman–Crippen MR) is 126 cm³/mol. The van der Waals surface area contributed by atoms with E-state index in [2.05, 4.69) is 35.8 Å². The van der Waals surface area contributed by atoms with Gasteiger partial charge in [-0.15, -0.1) is 5.10 Å². The highest BCUT2D eigenvalue weighted by molar-refractivity contribution is 5.70. The van der Waals surface area contributed by atoms with Gasteiger partial charge in [-0.3, -0.25) is 0 Å². The van der Waals surface area contributed by atoms with Gasteiger partial charge in [0, 0.05) is 19.6 Å². The summed E-state index contributed by atoms with van der Waals surface area (Å²) in [5.41, 5.74) is 0.711. The first-order valence-electron chi connectivity index (χ1n) is 11.1. The molecule has 1 fully saturated rings. The van der Waals surface area contributed by atoms with E-state index < -0.39 is 24.1 Å². The minimum atomic E-state index is -0.988. The van der Waals surface area contributed by atoms with Crippen LogP contribution in [0.25, 0.3) is 5.65 Å². The van der Waals surface area contributed by atoms with Gasteiger partial charge in [0.15, 0.2) is 23.0 Å². The molecule has 1 aliphatic heterocycles. The van der Waals surface area contributed by atoms with Crippen LogP contribution in [0.3, 0.4) is 0 Å².